The Morgan fingerprint density at radius 3 is 2.43 bits per heavy atom. The number of hydrogen-bond acceptors (Lipinski definition) is 4. The summed E-state index contributed by atoms with van der Waals surface area (Å²) >= 11 is 11.8. The van der Waals surface area contributed by atoms with E-state index in [2.05, 4.69) is 4.72 Å². The molecular formula is C15H22Cl2N2O3S. The Labute approximate surface area is 147 Å². The van der Waals surface area contributed by atoms with Crippen molar-refractivity contribution in [1.82, 2.24) is 0 Å². The summed E-state index contributed by atoms with van der Waals surface area (Å²) in [6.07, 6.45) is 4.80. The van der Waals surface area contributed by atoms with Crippen molar-refractivity contribution < 1.29 is 13.2 Å². The van der Waals surface area contributed by atoms with Crippen LogP contribution in [0.4, 0.5) is 11.4 Å². The second kappa shape index (κ2) is 7.92. The average molecular weight is 381 g/mol. The van der Waals surface area contributed by atoms with E-state index in [1.807, 2.05) is 6.92 Å². The maximum atomic E-state index is 12.2. The molecule has 0 spiro atoms. The van der Waals surface area contributed by atoms with E-state index in [9.17, 15) is 8.42 Å². The highest BCUT2D eigenvalue weighted by Crippen LogP contribution is 2.31. The van der Waals surface area contributed by atoms with E-state index in [-0.39, 0.29) is 33.5 Å². The standard InChI is InChI=1S/C15H22Cl2N2O3S/c1-10(8-22-12-4-2-3-5-12)9-23(20,21)19-11-6-13(16)15(18)14(17)7-11/h6-7,10,12,19H,2-5,8-9,18H2,1H3/t10-/m0/s1. The smallest absolute Gasteiger partial charge is 0.233 e. The van der Waals surface area contributed by atoms with Gasteiger partial charge in [-0.05, 0) is 30.9 Å². The first-order chi connectivity index (χ1) is 10.8. The van der Waals surface area contributed by atoms with Crippen LogP contribution in [0.5, 0.6) is 0 Å². The van der Waals surface area contributed by atoms with Gasteiger partial charge in [-0.2, -0.15) is 0 Å². The van der Waals surface area contributed by atoms with Crippen LogP contribution in [-0.4, -0.2) is 26.9 Å². The Hall–Kier alpha value is -0.690. The summed E-state index contributed by atoms with van der Waals surface area (Å²) in [7, 11) is -3.51. The third-order valence-electron chi connectivity index (χ3n) is 3.77. The van der Waals surface area contributed by atoms with Crippen LogP contribution in [0.1, 0.15) is 32.6 Å². The molecule has 0 aromatic heterocycles. The Balaban J connectivity index is 1.90. The first-order valence-corrected chi connectivity index (χ1v) is 10.0. The molecule has 0 radical (unpaired) electrons. The van der Waals surface area contributed by atoms with Gasteiger partial charge in [-0.25, -0.2) is 8.42 Å². The number of hydrogen-bond donors (Lipinski definition) is 2. The summed E-state index contributed by atoms with van der Waals surface area (Å²) in [4.78, 5) is 0. The summed E-state index contributed by atoms with van der Waals surface area (Å²) in [5, 5.41) is 0.431. The molecule has 1 fully saturated rings. The maximum Gasteiger partial charge on any atom is 0.233 e. The Morgan fingerprint density at radius 2 is 1.87 bits per heavy atom. The second-order valence-corrected chi connectivity index (χ2v) is 8.66. The molecule has 2 rings (SSSR count). The van der Waals surface area contributed by atoms with Gasteiger partial charge in [0.15, 0.2) is 0 Å². The summed E-state index contributed by atoms with van der Waals surface area (Å²) in [6, 6.07) is 2.89. The van der Waals surface area contributed by atoms with Crippen molar-refractivity contribution in [3.05, 3.63) is 22.2 Å². The molecule has 130 valence electrons. The Kier molecular flexibility index (Phi) is 6.42. The van der Waals surface area contributed by atoms with E-state index >= 15 is 0 Å². The molecule has 1 aromatic carbocycles. The molecule has 1 saturated carbocycles. The van der Waals surface area contributed by atoms with Crippen LogP contribution < -0.4 is 10.5 Å². The molecule has 0 amide bonds. The normalized spacial score (nSPS) is 17.3. The average Bonchev–Trinajstić information content (AvgIpc) is 2.94. The minimum atomic E-state index is -3.51. The van der Waals surface area contributed by atoms with Crippen LogP contribution in [0, 0.1) is 5.92 Å². The van der Waals surface area contributed by atoms with E-state index in [4.69, 9.17) is 33.7 Å². The molecule has 8 heteroatoms. The zero-order valence-electron chi connectivity index (χ0n) is 13.0. The van der Waals surface area contributed by atoms with Gasteiger partial charge < -0.3 is 10.5 Å². The molecule has 0 aliphatic heterocycles. The van der Waals surface area contributed by atoms with Crippen LogP contribution >= 0.6 is 23.2 Å². The number of rotatable bonds is 7. The van der Waals surface area contributed by atoms with Gasteiger partial charge in [0.2, 0.25) is 10.0 Å². The van der Waals surface area contributed by atoms with Crippen molar-refractivity contribution in [1.29, 1.82) is 0 Å². The lowest BCUT2D eigenvalue weighted by Gasteiger charge is -2.17. The SMILES string of the molecule is C[C@@H](COC1CCCC1)CS(=O)(=O)Nc1cc(Cl)c(N)c(Cl)c1. The minimum absolute atomic E-state index is 0.0284. The number of sulfonamides is 1. The lowest BCUT2D eigenvalue weighted by Crippen LogP contribution is -2.25. The van der Waals surface area contributed by atoms with Crippen LogP contribution in [0.3, 0.4) is 0 Å². The monoisotopic (exact) mass is 380 g/mol. The van der Waals surface area contributed by atoms with Gasteiger partial charge >= 0.3 is 0 Å². The van der Waals surface area contributed by atoms with Crippen LogP contribution in [0.2, 0.25) is 10.0 Å². The van der Waals surface area contributed by atoms with Gasteiger partial charge in [-0.15, -0.1) is 0 Å². The predicted octanol–water partition coefficient (Wildman–Crippen LogP) is 3.91. The third-order valence-corrected chi connectivity index (χ3v) is 5.95. The van der Waals surface area contributed by atoms with Crippen molar-refractivity contribution in [2.24, 2.45) is 5.92 Å². The third kappa shape index (κ3) is 5.71. The topological polar surface area (TPSA) is 81.4 Å². The number of benzene rings is 1. The number of ether oxygens (including phenoxy) is 1. The molecular weight excluding hydrogens is 359 g/mol. The highest BCUT2D eigenvalue weighted by molar-refractivity contribution is 7.92. The van der Waals surface area contributed by atoms with Gasteiger partial charge in [0.05, 0.1) is 39.9 Å². The van der Waals surface area contributed by atoms with E-state index < -0.39 is 10.0 Å². The molecule has 5 nitrogen and oxygen atoms in total. The molecule has 0 unspecified atom stereocenters. The molecule has 0 heterocycles. The molecule has 0 bridgehead atoms. The molecule has 0 saturated heterocycles. The van der Waals surface area contributed by atoms with Crippen LogP contribution in [0.25, 0.3) is 0 Å². The molecule has 1 aliphatic rings. The fourth-order valence-corrected chi connectivity index (χ4v) is 4.54. The van der Waals surface area contributed by atoms with Gasteiger partial charge in [0.1, 0.15) is 0 Å². The maximum absolute atomic E-state index is 12.2. The van der Waals surface area contributed by atoms with E-state index in [0.717, 1.165) is 12.8 Å². The quantitative estimate of drug-likeness (QED) is 0.702. The largest absolute Gasteiger partial charge is 0.396 e. The highest BCUT2D eigenvalue weighted by Gasteiger charge is 2.20. The van der Waals surface area contributed by atoms with Crippen molar-refractivity contribution in [2.75, 3.05) is 22.8 Å². The molecule has 1 atom stereocenters. The van der Waals surface area contributed by atoms with Gasteiger partial charge in [0.25, 0.3) is 0 Å². The number of nitrogens with two attached hydrogens (primary N) is 1. The van der Waals surface area contributed by atoms with Crippen molar-refractivity contribution in [2.45, 2.75) is 38.7 Å². The summed E-state index contributed by atoms with van der Waals surface area (Å²) in [5.74, 6) is -0.132. The van der Waals surface area contributed by atoms with Gasteiger partial charge in [0, 0.05) is 0 Å². The summed E-state index contributed by atoms with van der Waals surface area (Å²) in [5.41, 5.74) is 6.17. The first-order valence-electron chi connectivity index (χ1n) is 7.63. The number of nitrogens with one attached hydrogen (secondary N) is 1. The highest BCUT2D eigenvalue weighted by atomic mass is 35.5. The summed E-state index contributed by atoms with van der Waals surface area (Å²) in [6.45, 7) is 2.30. The minimum Gasteiger partial charge on any atom is -0.396 e. The van der Waals surface area contributed by atoms with Crippen molar-refractivity contribution in [3.63, 3.8) is 0 Å². The zero-order chi connectivity index (χ0) is 17.0. The molecule has 3 N–H and O–H groups in total. The van der Waals surface area contributed by atoms with E-state index in [1.165, 1.54) is 25.0 Å². The molecule has 23 heavy (non-hydrogen) atoms. The van der Waals surface area contributed by atoms with Crippen molar-refractivity contribution in [3.8, 4) is 0 Å². The van der Waals surface area contributed by atoms with Crippen LogP contribution in [0.15, 0.2) is 12.1 Å². The molecule has 1 aliphatic carbocycles. The number of nitrogen functional groups attached to an aromatic ring is 1. The van der Waals surface area contributed by atoms with Gasteiger partial charge in [-0.3, -0.25) is 4.72 Å². The fraction of sp³-hybridized carbons (Fsp3) is 0.600. The lowest BCUT2D eigenvalue weighted by molar-refractivity contribution is 0.0413. The van der Waals surface area contributed by atoms with E-state index in [1.54, 1.807) is 0 Å². The zero-order valence-corrected chi connectivity index (χ0v) is 15.3. The predicted molar refractivity (Wildman–Crippen MR) is 95.7 cm³/mol. The Morgan fingerprint density at radius 1 is 1.30 bits per heavy atom. The number of anilines is 2. The van der Waals surface area contributed by atoms with Crippen molar-refractivity contribution >= 4 is 44.6 Å². The fourth-order valence-electron chi connectivity index (χ4n) is 2.64. The number of halogens is 2. The Bertz CT molecular complexity index is 623. The van der Waals surface area contributed by atoms with Crippen LogP contribution in [-0.2, 0) is 14.8 Å². The summed E-state index contributed by atoms with van der Waals surface area (Å²) < 4.78 is 32.7. The lowest BCUT2D eigenvalue weighted by atomic mass is 10.2. The van der Waals surface area contributed by atoms with E-state index in [0.29, 0.717) is 12.3 Å². The van der Waals surface area contributed by atoms with Gasteiger partial charge in [-0.1, -0.05) is 43.0 Å². The second-order valence-electron chi connectivity index (χ2n) is 6.08. The molecule has 1 aromatic rings. The first kappa shape index (κ1) is 18.6.